The van der Waals surface area contributed by atoms with Crippen LogP contribution in [0.25, 0.3) is 17.1 Å². The zero-order chi connectivity index (χ0) is 14.6. The van der Waals surface area contributed by atoms with E-state index in [0.29, 0.717) is 12.4 Å². The van der Waals surface area contributed by atoms with Crippen LogP contribution in [0.2, 0.25) is 0 Å². The minimum absolute atomic E-state index is 0.139. The lowest BCUT2D eigenvalue weighted by atomic mass is 10.1. The van der Waals surface area contributed by atoms with Gasteiger partial charge in [0.05, 0.1) is 17.9 Å². The van der Waals surface area contributed by atoms with E-state index in [4.69, 9.17) is 0 Å². The van der Waals surface area contributed by atoms with Crippen LogP contribution in [0.15, 0.2) is 29.1 Å². The van der Waals surface area contributed by atoms with E-state index in [9.17, 15) is 5.11 Å². The minimum Gasteiger partial charge on any atom is -0.388 e. The summed E-state index contributed by atoms with van der Waals surface area (Å²) in [5.74, 6) is 1.33. The molecule has 21 heavy (non-hydrogen) atoms. The van der Waals surface area contributed by atoms with Crippen molar-refractivity contribution in [1.29, 1.82) is 0 Å². The molecule has 0 unspecified atom stereocenters. The van der Waals surface area contributed by atoms with E-state index in [0.717, 1.165) is 32.9 Å². The summed E-state index contributed by atoms with van der Waals surface area (Å²) in [6.45, 7) is 2.47. The van der Waals surface area contributed by atoms with Crippen LogP contribution in [0, 0.1) is 6.92 Å². The highest BCUT2D eigenvalue weighted by Gasteiger charge is 2.24. The van der Waals surface area contributed by atoms with Crippen LogP contribution in [0.5, 0.6) is 0 Å². The first kappa shape index (κ1) is 12.7. The zero-order valence-corrected chi connectivity index (χ0v) is 12.9. The van der Waals surface area contributed by atoms with Gasteiger partial charge in [0.1, 0.15) is 17.5 Å². The maximum Gasteiger partial charge on any atom is 0.166 e. The molecule has 0 saturated carbocycles. The van der Waals surface area contributed by atoms with Crippen molar-refractivity contribution in [3.8, 4) is 17.1 Å². The van der Waals surface area contributed by atoms with Crippen molar-refractivity contribution in [2.75, 3.05) is 0 Å². The third kappa shape index (κ3) is 1.77. The van der Waals surface area contributed by atoms with Crippen LogP contribution in [-0.2, 0) is 13.2 Å². The molecule has 7 heteroatoms. The maximum atomic E-state index is 9.49. The first-order valence-electron chi connectivity index (χ1n) is 6.55. The molecule has 3 heterocycles. The molecule has 0 spiro atoms. The number of halogens is 1. The molecule has 2 aromatic heterocycles. The first-order valence-corrected chi connectivity index (χ1v) is 7.34. The van der Waals surface area contributed by atoms with E-state index in [1.807, 2.05) is 11.5 Å². The molecule has 6 nitrogen and oxygen atoms in total. The Morgan fingerprint density at radius 1 is 1.33 bits per heavy atom. The number of rotatable bonds is 1. The summed E-state index contributed by atoms with van der Waals surface area (Å²) in [6, 6.07) is 6.21. The topological polar surface area (TPSA) is 68.8 Å². The second-order valence-corrected chi connectivity index (χ2v) is 5.81. The summed E-state index contributed by atoms with van der Waals surface area (Å²) in [4.78, 5) is 4.34. The summed E-state index contributed by atoms with van der Waals surface area (Å²) in [5, 5.41) is 17.8. The first-order chi connectivity index (χ1) is 10.2. The summed E-state index contributed by atoms with van der Waals surface area (Å²) in [5.41, 5.74) is 4.17. The van der Waals surface area contributed by atoms with Gasteiger partial charge in [0.25, 0.3) is 0 Å². The molecule has 1 aliphatic rings. The van der Waals surface area contributed by atoms with Gasteiger partial charge in [0.15, 0.2) is 11.6 Å². The van der Waals surface area contributed by atoms with Gasteiger partial charge in [-0.05, 0) is 35.0 Å². The van der Waals surface area contributed by atoms with Crippen molar-refractivity contribution < 1.29 is 5.11 Å². The summed E-state index contributed by atoms with van der Waals surface area (Å²) in [7, 11) is 0. The number of benzene rings is 1. The highest BCUT2D eigenvalue weighted by Crippen LogP contribution is 2.33. The SMILES string of the molecule is Cc1ccc2c(c1)-c1nnc(CO)n1Cc1c(Br)ncn1-2. The number of aryl methyl sites for hydroxylation is 1. The zero-order valence-electron chi connectivity index (χ0n) is 11.3. The maximum absolute atomic E-state index is 9.49. The quantitative estimate of drug-likeness (QED) is 0.573. The smallest absolute Gasteiger partial charge is 0.166 e. The molecule has 106 valence electrons. The summed E-state index contributed by atoms with van der Waals surface area (Å²) in [6.07, 6.45) is 1.80. The number of aliphatic hydroxyl groups excluding tert-OH is 1. The van der Waals surface area contributed by atoms with Crippen molar-refractivity contribution >= 4 is 15.9 Å². The van der Waals surface area contributed by atoms with Crippen LogP contribution in [0.4, 0.5) is 0 Å². The van der Waals surface area contributed by atoms with E-state index < -0.39 is 0 Å². The van der Waals surface area contributed by atoms with Crippen LogP contribution in [-0.4, -0.2) is 29.4 Å². The molecule has 0 atom stereocenters. The lowest BCUT2D eigenvalue weighted by Gasteiger charge is -2.08. The number of hydrogen-bond acceptors (Lipinski definition) is 4. The standard InChI is InChI=1S/C14H12BrN5O/c1-8-2-3-10-9(4-8)14-18-17-12(6-21)19(14)5-11-13(15)16-7-20(10)11/h2-4,7,21H,5-6H2,1H3. The average Bonchev–Trinajstić information content (AvgIpc) is 3.01. The van der Waals surface area contributed by atoms with Gasteiger partial charge >= 0.3 is 0 Å². The van der Waals surface area contributed by atoms with Gasteiger partial charge in [0.2, 0.25) is 0 Å². The van der Waals surface area contributed by atoms with E-state index in [2.05, 4.69) is 53.9 Å². The Balaban J connectivity index is 2.10. The van der Waals surface area contributed by atoms with Crippen molar-refractivity contribution in [2.45, 2.75) is 20.1 Å². The Morgan fingerprint density at radius 2 is 2.19 bits per heavy atom. The number of imidazole rings is 1. The van der Waals surface area contributed by atoms with Gasteiger partial charge in [-0.2, -0.15) is 0 Å². The average molecular weight is 346 g/mol. The number of fused-ring (bicyclic) bond motifs is 5. The van der Waals surface area contributed by atoms with Crippen molar-refractivity contribution in [1.82, 2.24) is 24.3 Å². The van der Waals surface area contributed by atoms with Crippen molar-refractivity contribution in [3.63, 3.8) is 0 Å². The van der Waals surface area contributed by atoms with Gasteiger partial charge < -0.3 is 9.67 Å². The lowest BCUT2D eigenvalue weighted by Crippen LogP contribution is -2.07. The fourth-order valence-corrected chi connectivity index (χ4v) is 3.12. The van der Waals surface area contributed by atoms with Crippen LogP contribution >= 0.6 is 15.9 Å². The number of aromatic nitrogens is 5. The molecule has 0 amide bonds. The normalized spacial score (nSPS) is 12.5. The van der Waals surface area contributed by atoms with Gasteiger partial charge in [-0.15, -0.1) is 10.2 Å². The molecule has 1 aromatic carbocycles. The third-order valence-corrected chi connectivity index (χ3v) is 4.41. The van der Waals surface area contributed by atoms with Crippen LogP contribution < -0.4 is 0 Å². The van der Waals surface area contributed by atoms with Gasteiger partial charge in [-0.1, -0.05) is 11.6 Å². The summed E-state index contributed by atoms with van der Waals surface area (Å²) < 4.78 is 4.78. The second-order valence-electron chi connectivity index (χ2n) is 5.06. The Kier molecular flexibility index (Phi) is 2.73. The third-order valence-electron chi connectivity index (χ3n) is 3.74. The monoisotopic (exact) mass is 345 g/mol. The predicted octanol–water partition coefficient (Wildman–Crippen LogP) is 2.06. The number of nitrogens with zero attached hydrogens (tertiary/aromatic N) is 5. The molecule has 3 aromatic rings. The number of aliphatic hydroxyl groups is 1. The van der Waals surface area contributed by atoms with Crippen LogP contribution in [0.3, 0.4) is 0 Å². The minimum atomic E-state index is -0.139. The van der Waals surface area contributed by atoms with Crippen LogP contribution in [0.1, 0.15) is 17.1 Å². The molecule has 0 saturated heterocycles. The molecule has 1 aliphatic heterocycles. The van der Waals surface area contributed by atoms with Gasteiger partial charge in [-0.3, -0.25) is 4.57 Å². The van der Waals surface area contributed by atoms with E-state index in [1.165, 1.54) is 0 Å². The molecule has 0 aliphatic carbocycles. The highest BCUT2D eigenvalue weighted by molar-refractivity contribution is 9.10. The largest absolute Gasteiger partial charge is 0.388 e. The van der Waals surface area contributed by atoms with Crippen molar-refractivity contribution in [2.24, 2.45) is 0 Å². The molecular formula is C14H12BrN5O. The molecule has 4 rings (SSSR count). The van der Waals surface area contributed by atoms with Gasteiger partial charge in [0, 0.05) is 5.56 Å². The fraction of sp³-hybridized carbons (Fsp3) is 0.214. The Bertz CT molecular complexity index is 851. The predicted molar refractivity (Wildman–Crippen MR) is 80.0 cm³/mol. The number of hydrogen-bond donors (Lipinski definition) is 1. The highest BCUT2D eigenvalue weighted by atomic mass is 79.9. The fourth-order valence-electron chi connectivity index (χ4n) is 2.71. The second kappa shape index (κ2) is 4.51. The lowest BCUT2D eigenvalue weighted by molar-refractivity contribution is 0.265. The van der Waals surface area contributed by atoms with E-state index in [-0.39, 0.29) is 6.61 Å². The molecule has 0 bridgehead atoms. The van der Waals surface area contributed by atoms with E-state index >= 15 is 0 Å². The Hall–Kier alpha value is -1.99. The molecule has 1 N–H and O–H groups in total. The Morgan fingerprint density at radius 3 is 3.00 bits per heavy atom. The summed E-state index contributed by atoms with van der Waals surface area (Å²) >= 11 is 3.49. The molecule has 0 radical (unpaired) electrons. The van der Waals surface area contributed by atoms with Crippen molar-refractivity contribution in [3.05, 3.63) is 46.2 Å². The molecule has 0 fully saturated rings. The van der Waals surface area contributed by atoms with E-state index in [1.54, 1.807) is 6.33 Å². The Labute approximate surface area is 129 Å². The molecular weight excluding hydrogens is 334 g/mol. The van der Waals surface area contributed by atoms with Gasteiger partial charge in [-0.25, -0.2) is 4.98 Å².